The summed E-state index contributed by atoms with van der Waals surface area (Å²) in [6, 6.07) is 6.67. The monoisotopic (exact) mass is 429 g/mol. The van der Waals surface area contributed by atoms with Crippen molar-refractivity contribution in [2.45, 2.75) is 13.5 Å². The van der Waals surface area contributed by atoms with Crippen LogP contribution in [0.4, 0.5) is 14.5 Å². The highest BCUT2D eigenvalue weighted by atomic mass is 35.5. The first kappa shape index (κ1) is 22.2. The Hall–Kier alpha value is -3.07. The zero-order chi connectivity index (χ0) is 21.6. The molecule has 0 aliphatic carbocycles. The van der Waals surface area contributed by atoms with Crippen LogP contribution >= 0.6 is 11.6 Å². The summed E-state index contributed by atoms with van der Waals surface area (Å²) in [4.78, 5) is 24.2. The zero-order valence-electron chi connectivity index (χ0n) is 15.8. The van der Waals surface area contributed by atoms with E-state index in [9.17, 15) is 18.4 Å². The highest BCUT2D eigenvalue weighted by Gasteiger charge is 2.16. The Bertz CT molecular complexity index is 881. The number of hydrogen-bond acceptors (Lipinski definition) is 6. The van der Waals surface area contributed by atoms with E-state index in [1.165, 1.54) is 44.6 Å². The third kappa shape index (κ3) is 5.95. The number of alkyl halides is 2. The molecule has 29 heavy (non-hydrogen) atoms. The van der Waals surface area contributed by atoms with E-state index in [1.54, 1.807) is 6.92 Å². The van der Waals surface area contributed by atoms with Gasteiger partial charge in [0.15, 0.2) is 6.61 Å². The summed E-state index contributed by atoms with van der Waals surface area (Å²) in [5.74, 6) is -0.769. The number of rotatable bonds is 8. The molecule has 7 nitrogen and oxygen atoms in total. The lowest BCUT2D eigenvalue weighted by Gasteiger charge is -2.12. The Morgan fingerprint density at radius 2 is 1.69 bits per heavy atom. The smallest absolute Gasteiger partial charge is 0.387 e. The molecule has 1 amide bonds. The molecular weight excluding hydrogens is 412 g/mol. The van der Waals surface area contributed by atoms with Crippen LogP contribution in [0.15, 0.2) is 30.3 Å². The van der Waals surface area contributed by atoms with Crippen LogP contribution in [0.2, 0.25) is 5.02 Å². The Morgan fingerprint density at radius 1 is 1.07 bits per heavy atom. The Morgan fingerprint density at radius 3 is 2.21 bits per heavy atom. The summed E-state index contributed by atoms with van der Waals surface area (Å²) in [6.07, 6.45) is 0. The minimum Gasteiger partial charge on any atom is -0.496 e. The lowest BCUT2D eigenvalue weighted by atomic mass is 10.1. The van der Waals surface area contributed by atoms with E-state index in [0.717, 1.165) is 0 Å². The summed E-state index contributed by atoms with van der Waals surface area (Å²) in [5, 5.41) is 2.32. The molecule has 156 valence electrons. The minimum atomic E-state index is -3.02. The van der Waals surface area contributed by atoms with Gasteiger partial charge in [-0.25, -0.2) is 4.79 Å². The summed E-state index contributed by atoms with van der Waals surface area (Å²) >= 11 is 5.82. The predicted octanol–water partition coefficient (Wildman–Crippen LogP) is 4.06. The van der Waals surface area contributed by atoms with Gasteiger partial charge in [-0.3, -0.25) is 4.79 Å². The van der Waals surface area contributed by atoms with E-state index in [-0.39, 0.29) is 22.0 Å². The fourth-order valence-corrected chi connectivity index (χ4v) is 2.61. The van der Waals surface area contributed by atoms with Gasteiger partial charge in [0.2, 0.25) is 0 Å². The maximum atomic E-state index is 12.2. The Kier molecular flexibility index (Phi) is 7.60. The third-order valence-corrected chi connectivity index (χ3v) is 4.05. The number of halogens is 3. The van der Waals surface area contributed by atoms with Crippen LogP contribution in [0.25, 0.3) is 0 Å². The van der Waals surface area contributed by atoms with E-state index >= 15 is 0 Å². The molecule has 0 atom stereocenters. The number of esters is 1. The second kappa shape index (κ2) is 9.92. The molecule has 2 rings (SSSR count). The van der Waals surface area contributed by atoms with Crippen LogP contribution in [0.3, 0.4) is 0 Å². The van der Waals surface area contributed by atoms with Gasteiger partial charge in [-0.2, -0.15) is 8.78 Å². The molecule has 0 saturated carbocycles. The highest BCUT2D eigenvalue weighted by molar-refractivity contribution is 6.32. The second-order valence-corrected chi connectivity index (χ2v) is 6.06. The van der Waals surface area contributed by atoms with Gasteiger partial charge in [0.05, 0.1) is 24.8 Å². The van der Waals surface area contributed by atoms with Crippen molar-refractivity contribution in [1.29, 1.82) is 0 Å². The highest BCUT2D eigenvalue weighted by Crippen LogP contribution is 2.30. The van der Waals surface area contributed by atoms with E-state index in [4.69, 9.17) is 25.8 Å². The first-order chi connectivity index (χ1) is 13.7. The van der Waals surface area contributed by atoms with Gasteiger partial charge in [0, 0.05) is 11.3 Å². The van der Waals surface area contributed by atoms with Gasteiger partial charge in [-0.15, -0.1) is 0 Å². The molecule has 0 bridgehead atoms. The number of anilines is 1. The molecule has 0 spiro atoms. The Labute approximate surface area is 170 Å². The number of ether oxygens (including phenoxy) is 4. The largest absolute Gasteiger partial charge is 0.496 e. The zero-order valence-corrected chi connectivity index (χ0v) is 16.5. The van der Waals surface area contributed by atoms with Crippen molar-refractivity contribution < 1.29 is 37.3 Å². The number of nitrogens with one attached hydrogen (secondary N) is 1. The van der Waals surface area contributed by atoms with Crippen LogP contribution in [-0.4, -0.2) is 39.3 Å². The average Bonchev–Trinajstić information content (AvgIpc) is 2.68. The summed E-state index contributed by atoms with van der Waals surface area (Å²) in [5.41, 5.74) is 1.07. The lowest BCUT2D eigenvalue weighted by molar-refractivity contribution is -0.119. The van der Waals surface area contributed by atoms with Gasteiger partial charge >= 0.3 is 12.6 Å². The van der Waals surface area contributed by atoms with Crippen molar-refractivity contribution in [3.63, 3.8) is 0 Å². The van der Waals surface area contributed by atoms with Crippen molar-refractivity contribution in [3.05, 3.63) is 46.5 Å². The fourth-order valence-electron chi connectivity index (χ4n) is 2.39. The molecule has 2 aromatic carbocycles. The molecule has 0 saturated heterocycles. The van der Waals surface area contributed by atoms with Crippen molar-refractivity contribution in [2.24, 2.45) is 0 Å². The normalized spacial score (nSPS) is 10.4. The molecule has 0 heterocycles. The van der Waals surface area contributed by atoms with Crippen LogP contribution in [0.1, 0.15) is 15.9 Å². The molecule has 0 aromatic heterocycles. The van der Waals surface area contributed by atoms with Crippen LogP contribution in [-0.2, 0) is 9.53 Å². The van der Waals surface area contributed by atoms with Crippen molar-refractivity contribution in [2.75, 3.05) is 26.1 Å². The molecule has 0 aliphatic heterocycles. The first-order valence-corrected chi connectivity index (χ1v) is 8.57. The standard InChI is InChI=1S/C19H18ClF2NO6/c1-10-15(26-2)6-11(7-16(10)27-3)18(25)28-9-17(24)23-12-4-5-14(13(20)8-12)29-19(21)22/h4-8,19H,9H2,1-3H3,(H,23,24). The number of methoxy groups -OCH3 is 2. The quantitative estimate of drug-likeness (QED) is 0.637. The maximum Gasteiger partial charge on any atom is 0.387 e. The first-order valence-electron chi connectivity index (χ1n) is 8.19. The van der Waals surface area contributed by atoms with E-state index in [2.05, 4.69) is 10.1 Å². The molecule has 0 aliphatic rings. The summed E-state index contributed by atoms with van der Waals surface area (Å²) < 4.78 is 44.0. The predicted molar refractivity (Wildman–Crippen MR) is 101 cm³/mol. The number of carbonyl (C=O) groups excluding carboxylic acids is 2. The van der Waals surface area contributed by atoms with Crippen LogP contribution in [0, 0.1) is 6.92 Å². The van der Waals surface area contributed by atoms with Crippen molar-refractivity contribution in [3.8, 4) is 17.2 Å². The van der Waals surface area contributed by atoms with Crippen LogP contribution < -0.4 is 19.5 Å². The summed E-state index contributed by atoms with van der Waals surface area (Å²) in [7, 11) is 2.90. The van der Waals surface area contributed by atoms with Crippen LogP contribution in [0.5, 0.6) is 17.2 Å². The van der Waals surface area contributed by atoms with Gasteiger partial charge < -0.3 is 24.3 Å². The van der Waals surface area contributed by atoms with Gasteiger partial charge in [0.1, 0.15) is 17.2 Å². The molecule has 1 N–H and O–H groups in total. The van der Waals surface area contributed by atoms with Gasteiger partial charge in [0.25, 0.3) is 5.91 Å². The summed E-state index contributed by atoms with van der Waals surface area (Å²) in [6.45, 7) is -1.83. The Balaban J connectivity index is 1.99. The number of carbonyl (C=O) groups is 2. The molecular formula is C19H18ClF2NO6. The fraction of sp³-hybridized carbons (Fsp3) is 0.263. The van der Waals surface area contributed by atoms with Crippen molar-refractivity contribution in [1.82, 2.24) is 0 Å². The topological polar surface area (TPSA) is 83.1 Å². The molecule has 10 heteroatoms. The minimum absolute atomic E-state index is 0.112. The number of hydrogen-bond donors (Lipinski definition) is 1. The SMILES string of the molecule is COc1cc(C(=O)OCC(=O)Nc2ccc(OC(F)F)c(Cl)c2)cc(OC)c1C. The molecule has 0 radical (unpaired) electrons. The molecule has 2 aromatic rings. The lowest BCUT2D eigenvalue weighted by Crippen LogP contribution is -2.21. The van der Waals surface area contributed by atoms with E-state index in [1.807, 2.05) is 0 Å². The third-order valence-electron chi connectivity index (χ3n) is 3.75. The average molecular weight is 430 g/mol. The van der Waals surface area contributed by atoms with Gasteiger partial charge in [-0.1, -0.05) is 11.6 Å². The second-order valence-electron chi connectivity index (χ2n) is 5.65. The molecule has 0 fully saturated rings. The van der Waals surface area contributed by atoms with Crippen molar-refractivity contribution >= 4 is 29.2 Å². The maximum absolute atomic E-state index is 12.2. The number of benzene rings is 2. The van der Waals surface area contributed by atoms with Gasteiger partial charge in [-0.05, 0) is 37.3 Å². The number of amides is 1. The van der Waals surface area contributed by atoms with E-state index in [0.29, 0.717) is 17.1 Å². The van der Waals surface area contributed by atoms with E-state index < -0.39 is 25.1 Å². The molecule has 0 unspecified atom stereocenters.